The Balaban J connectivity index is -0.000000333. The van der Waals surface area contributed by atoms with Crippen molar-refractivity contribution >= 4 is 21.6 Å². The van der Waals surface area contributed by atoms with Crippen LogP contribution in [0.2, 0.25) is 0 Å². The average molecular weight is 260 g/mol. The van der Waals surface area contributed by atoms with Crippen molar-refractivity contribution in [1.29, 1.82) is 0 Å². The molecule has 0 aromatic heterocycles. The SMILES string of the molecule is CN(C)c1ccccc1Br.F.F.F. The Hall–Kier alpha value is -0.710. The third kappa shape index (κ3) is 4.77. The van der Waals surface area contributed by atoms with Gasteiger partial charge >= 0.3 is 0 Å². The Morgan fingerprint density at radius 2 is 1.46 bits per heavy atom. The van der Waals surface area contributed by atoms with Gasteiger partial charge in [-0.05, 0) is 28.1 Å². The predicted molar refractivity (Wildman–Crippen MR) is 56.0 cm³/mol. The van der Waals surface area contributed by atoms with E-state index in [4.69, 9.17) is 0 Å². The second-order valence-corrected chi connectivity index (χ2v) is 3.20. The first-order chi connectivity index (χ1) is 4.72. The molecule has 0 spiro atoms. The molecule has 13 heavy (non-hydrogen) atoms. The molecule has 0 saturated carbocycles. The molecule has 0 aliphatic heterocycles. The molecule has 0 unspecified atom stereocenters. The Labute approximate surface area is 84.0 Å². The number of rotatable bonds is 1. The third-order valence-corrected chi connectivity index (χ3v) is 2.00. The van der Waals surface area contributed by atoms with Crippen LogP contribution in [0, 0.1) is 0 Å². The molecule has 1 rings (SSSR count). The number of anilines is 1. The van der Waals surface area contributed by atoms with Crippen molar-refractivity contribution in [2.75, 3.05) is 19.0 Å². The molecule has 78 valence electrons. The monoisotopic (exact) mass is 259 g/mol. The fourth-order valence-corrected chi connectivity index (χ4v) is 1.45. The summed E-state index contributed by atoms with van der Waals surface area (Å²) in [6.45, 7) is 0. The third-order valence-electron chi connectivity index (χ3n) is 1.33. The highest BCUT2D eigenvalue weighted by Crippen LogP contribution is 2.22. The highest BCUT2D eigenvalue weighted by Gasteiger charge is 1.97. The molecule has 0 amide bonds. The minimum absolute atomic E-state index is 0. The molecular formula is C8H13BrF3N. The van der Waals surface area contributed by atoms with Gasteiger partial charge in [-0.2, -0.15) is 0 Å². The summed E-state index contributed by atoms with van der Waals surface area (Å²) in [5.74, 6) is 0. The minimum Gasteiger partial charge on any atom is -0.377 e. The summed E-state index contributed by atoms with van der Waals surface area (Å²) in [6.07, 6.45) is 0. The van der Waals surface area contributed by atoms with E-state index in [2.05, 4.69) is 26.9 Å². The zero-order chi connectivity index (χ0) is 7.56. The van der Waals surface area contributed by atoms with Crippen LogP contribution in [0.15, 0.2) is 28.7 Å². The smallest absolute Gasteiger partial charge is 0.0505 e. The summed E-state index contributed by atoms with van der Waals surface area (Å²) in [4.78, 5) is 2.07. The highest BCUT2D eigenvalue weighted by atomic mass is 79.9. The lowest BCUT2D eigenvalue weighted by atomic mass is 10.3. The lowest BCUT2D eigenvalue weighted by Gasteiger charge is -2.13. The van der Waals surface area contributed by atoms with E-state index >= 15 is 0 Å². The first kappa shape index (κ1) is 18.2. The zero-order valence-corrected chi connectivity index (χ0v) is 8.95. The van der Waals surface area contributed by atoms with Crippen LogP contribution in [0.3, 0.4) is 0 Å². The fraction of sp³-hybridized carbons (Fsp3) is 0.250. The van der Waals surface area contributed by atoms with E-state index in [1.807, 2.05) is 32.3 Å². The first-order valence-corrected chi connectivity index (χ1v) is 3.93. The van der Waals surface area contributed by atoms with Crippen molar-refractivity contribution in [3.63, 3.8) is 0 Å². The van der Waals surface area contributed by atoms with E-state index in [0.717, 1.165) is 4.47 Å². The van der Waals surface area contributed by atoms with Gasteiger partial charge < -0.3 is 4.90 Å². The second-order valence-electron chi connectivity index (χ2n) is 2.35. The van der Waals surface area contributed by atoms with Gasteiger partial charge in [0.05, 0.1) is 5.69 Å². The van der Waals surface area contributed by atoms with Crippen LogP contribution in [-0.2, 0) is 0 Å². The van der Waals surface area contributed by atoms with Gasteiger partial charge in [0.15, 0.2) is 0 Å². The van der Waals surface area contributed by atoms with E-state index in [9.17, 15) is 0 Å². The maximum absolute atomic E-state index is 3.46. The molecular weight excluding hydrogens is 247 g/mol. The van der Waals surface area contributed by atoms with E-state index < -0.39 is 0 Å². The highest BCUT2D eigenvalue weighted by molar-refractivity contribution is 9.10. The van der Waals surface area contributed by atoms with Gasteiger partial charge in [-0.1, -0.05) is 12.1 Å². The van der Waals surface area contributed by atoms with Gasteiger partial charge in [-0.15, -0.1) is 0 Å². The largest absolute Gasteiger partial charge is 0.377 e. The Morgan fingerprint density at radius 1 is 1.00 bits per heavy atom. The molecule has 0 saturated heterocycles. The summed E-state index contributed by atoms with van der Waals surface area (Å²) >= 11 is 3.46. The van der Waals surface area contributed by atoms with Crippen molar-refractivity contribution in [3.05, 3.63) is 28.7 Å². The van der Waals surface area contributed by atoms with Gasteiger partial charge in [-0.3, -0.25) is 14.1 Å². The minimum atomic E-state index is 0. The van der Waals surface area contributed by atoms with Gasteiger partial charge in [0.25, 0.3) is 0 Å². The zero-order valence-electron chi connectivity index (χ0n) is 7.36. The molecule has 0 aliphatic rings. The van der Waals surface area contributed by atoms with E-state index in [1.165, 1.54) is 5.69 Å². The maximum Gasteiger partial charge on any atom is 0.0505 e. The van der Waals surface area contributed by atoms with Crippen LogP contribution >= 0.6 is 15.9 Å². The summed E-state index contributed by atoms with van der Waals surface area (Å²) in [5.41, 5.74) is 1.21. The molecule has 5 heteroatoms. The number of hydrogen-bond acceptors (Lipinski definition) is 1. The topological polar surface area (TPSA) is 3.24 Å². The molecule has 1 aromatic carbocycles. The summed E-state index contributed by atoms with van der Waals surface area (Å²) < 4.78 is 1.14. The van der Waals surface area contributed by atoms with Crippen molar-refractivity contribution < 1.29 is 14.1 Å². The van der Waals surface area contributed by atoms with Crippen molar-refractivity contribution in [2.24, 2.45) is 0 Å². The first-order valence-electron chi connectivity index (χ1n) is 3.13. The Bertz CT molecular complexity index is 230. The molecule has 0 atom stereocenters. The number of nitrogens with zero attached hydrogens (tertiary/aromatic N) is 1. The van der Waals surface area contributed by atoms with Crippen LogP contribution in [0.4, 0.5) is 19.8 Å². The number of benzene rings is 1. The quantitative estimate of drug-likeness (QED) is 0.750. The molecule has 0 N–H and O–H groups in total. The van der Waals surface area contributed by atoms with Crippen LogP contribution in [-0.4, -0.2) is 14.1 Å². The summed E-state index contributed by atoms with van der Waals surface area (Å²) in [7, 11) is 4.06. The van der Waals surface area contributed by atoms with Crippen LogP contribution in [0.25, 0.3) is 0 Å². The van der Waals surface area contributed by atoms with Crippen LogP contribution in [0.1, 0.15) is 0 Å². The van der Waals surface area contributed by atoms with Crippen molar-refractivity contribution in [2.45, 2.75) is 0 Å². The number of hydrogen-bond donors (Lipinski definition) is 0. The second kappa shape index (κ2) is 7.91. The fourth-order valence-electron chi connectivity index (χ4n) is 0.814. The van der Waals surface area contributed by atoms with Gasteiger partial charge in [0, 0.05) is 18.6 Å². The molecule has 0 radical (unpaired) electrons. The van der Waals surface area contributed by atoms with Gasteiger partial charge in [0.2, 0.25) is 0 Å². The Kier molecular flexibility index (Phi) is 11.1. The average Bonchev–Trinajstić information content (AvgIpc) is 1.88. The molecule has 0 bridgehead atoms. The maximum atomic E-state index is 3.46. The van der Waals surface area contributed by atoms with Crippen molar-refractivity contribution in [1.82, 2.24) is 0 Å². The van der Waals surface area contributed by atoms with E-state index in [-0.39, 0.29) is 14.1 Å². The van der Waals surface area contributed by atoms with Crippen LogP contribution < -0.4 is 4.90 Å². The van der Waals surface area contributed by atoms with E-state index in [1.54, 1.807) is 0 Å². The van der Waals surface area contributed by atoms with Gasteiger partial charge in [0.1, 0.15) is 0 Å². The van der Waals surface area contributed by atoms with Gasteiger partial charge in [-0.25, -0.2) is 0 Å². The van der Waals surface area contributed by atoms with Crippen molar-refractivity contribution in [3.8, 4) is 0 Å². The molecule has 1 nitrogen and oxygen atoms in total. The predicted octanol–water partition coefficient (Wildman–Crippen LogP) is 2.97. The lowest BCUT2D eigenvalue weighted by Crippen LogP contribution is -2.08. The number of para-hydroxylation sites is 1. The lowest BCUT2D eigenvalue weighted by molar-refractivity contribution is 1.11. The Morgan fingerprint density at radius 3 is 1.77 bits per heavy atom. The molecule has 0 heterocycles. The normalized spacial score (nSPS) is 7.31. The molecule has 1 aromatic rings. The molecule has 0 aliphatic carbocycles. The standard InChI is InChI=1S/C8H10BrN.3FH/c1-10(2)8-6-4-3-5-7(8)9;;;/h3-6H,1-2H3;3*1H. The van der Waals surface area contributed by atoms with E-state index in [0.29, 0.717) is 0 Å². The summed E-state index contributed by atoms with van der Waals surface area (Å²) in [5, 5.41) is 0. The summed E-state index contributed by atoms with van der Waals surface area (Å²) in [6, 6.07) is 8.15. The molecule has 0 fully saturated rings. The number of halogens is 4. The van der Waals surface area contributed by atoms with Crippen LogP contribution in [0.5, 0.6) is 0 Å².